The normalized spacial score (nSPS) is 46.7. The molecule has 0 N–H and O–H groups in total. The van der Waals surface area contributed by atoms with Crippen LogP contribution < -0.4 is 0 Å². The lowest BCUT2D eigenvalue weighted by Gasteiger charge is -2.59. The minimum atomic E-state index is -0.539. The Bertz CT molecular complexity index is 4660. The van der Waals surface area contributed by atoms with Crippen molar-refractivity contribution in [3.63, 3.8) is 0 Å². The molecule has 2 spiro atoms. The van der Waals surface area contributed by atoms with Crippen molar-refractivity contribution in [3.8, 4) is 0 Å². The molecule has 20 aliphatic carbocycles. The van der Waals surface area contributed by atoms with Gasteiger partial charge in [0.15, 0.2) is 11.6 Å². The average molecular weight is 2090 g/mol. The van der Waals surface area contributed by atoms with Crippen LogP contribution in [0.5, 0.6) is 0 Å². The number of Topliss-reactive ketones (excluding diaryl/α,β-unsaturated/α-hetero) is 1. The molecule has 0 aromatic rings. The Morgan fingerprint density at radius 2 is 0.560 bits per heavy atom. The summed E-state index contributed by atoms with van der Waals surface area (Å²) >= 11 is 0. The lowest BCUT2D eigenvalue weighted by molar-refractivity contribution is -0.413. The van der Waals surface area contributed by atoms with Crippen LogP contribution in [0.15, 0.2) is 58.2 Å². The van der Waals surface area contributed by atoms with Crippen molar-refractivity contribution >= 4 is 5.78 Å². The summed E-state index contributed by atoms with van der Waals surface area (Å²) in [6.07, 6.45) is 63.9. The van der Waals surface area contributed by atoms with Gasteiger partial charge in [0.2, 0.25) is 0 Å². The van der Waals surface area contributed by atoms with E-state index in [2.05, 4.69) is 245 Å². The molecule has 150 heavy (non-hydrogen) atoms. The highest BCUT2D eigenvalue weighted by Gasteiger charge is 2.74. The molecule has 2 saturated heterocycles. The van der Waals surface area contributed by atoms with Gasteiger partial charge in [0.25, 0.3) is 0 Å². The summed E-state index contributed by atoms with van der Waals surface area (Å²) < 4.78 is 25.7. The number of hydrogen-bond acceptors (Lipinski definition) is 15. The van der Waals surface area contributed by atoms with Gasteiger partial charge in [-0.25, -0.2) is 48.9 Å². The van der Waals surface area contributed by atoms with E-state index in [1.165, 1.54) is 212 Å². The van der Waals surface area contributed by atoms with E-state index in [-0.39, 0.29) is 85.6 Å². The number of hydrogen-bond donors (Lipinski definition) is 0. The number of carbonyl (C=O) groups is 1. The number of ether oxygens (including phenoxy) is 4. The van der Waals surface area contributed by atoms with Crippen molar-refractivity contribution in [2.24, 2.45) is 196 Å². The summed E-state index contributed by atoms with van der Waals surface area (Å²) in [5.74, 6) is 17.1. The van der Waals surface area contributed by atoms with Gasteiger partial charge < -0.3 is 18.9 Å². The summed E-state index contributed by atoms with van der Waals surface area (Å²) in [6, 6.07) is 0. The highest BCUT2D eigenvalue weighted by atomic mass is 17.2. The third kappa shape index (κ3) is 21.3. The number of rotatable bonds is 16. The van der Waals surface area contributed by atoms with Crippen LogP contribution in [0, 0.1) is 196 Å². The van der Waals surface area contributed by atoms with Crippen molar-refractivity contribution in [3.05, 3.63) is 58.2 Å². The molecule has 22 aliphatic rings. The fourth-order valence-corrected chi connectivity index (χ4v) is 40.1. The predicted molar refractivity (Wildman–Crippen MR) is 604 cm³/mol. The Balaban J connectivity index is 0.000000122. The quantitative estimate of drug-likeness (QED) is 0.0820. The highest BCUT2D eigenvalue weighted by molar-refractivity contribution is 5.88. The lowest BCUT2D eigenvalue weighted by atomic mass is 9.47. The maximum atomic E-state index is 13.0. The largest absolute Gasteiger partial charge is 0.349 e. The van der Waals surface area contributed by atoms with Crippen LogP contribution in [-0.2, 0) is 72.6 Å². The van der Waals surface area contributed by atoms with Gasteiger partial charge in [0.05, 0.1) is 70.7 Å². The molecule has 22 rings (SSSR count). The molecule has 2 heterocycles. The van der Waals surface area contributed by atoms with Crippen LogP contribution in [0.25, 0.3) is 0 Å². The Hall–Kier alpha value is -2.19. The molecular weight excluding hydrogens is 1860 g/mol. The van der Waals surface area contributed by atoms with Crippen molar-refractivity contribution in [1.29, 1.82) is 0 Å². The fraction of sp³-hybridized carbons (Fsp3) is 0.919. The van der Waals surface area contributed by atoms with Crippen molar-refractivity contribution in [2.45, 2.75) is 562 Å². The van der Waals surface area contributed by atoms with E-state index in [1.807, 2.05) is 20.8 Å². The van der Waals surface area contributed by atoms with Gasteiger partial charge in [0, 0.05) is 30.1 Å². The monoisotopic (exact) mass is 2090 g/mol. The van der Waals surface area contributed by atoms with Gasteiger partial charge in [0.1, 0.15) is 36.3 Å². The van der Waals surface area contributed by atoms with E-state index in [0.717, 1.165) is 158 Å². The minimum Gasteiger partial charge on any atom is -0.349 e. The Kier molecular flexibility index (Phi) is 34.0. The van der Waals surface area contributed by atoms with E-state index in [4.69, 9.17) is 67.8 Å². The average Bonchev–Trinajstić information content (AvgIpc) is 1.52. The Labute approximate surface area is 915 Å². The van der Waals surface area contributed by atoms with Crippen LogP contribution in [0.1, 0.15) is 492 Å². The van der Waals surface area contributed by atoms with Crippen molar-refractivity contribution < 1.29 is 72.6 Å². The zero-order valence-corrected chi connectivity index (χ0v) is 102. The molecule has 0 aromatic heterocycles. The third-order valence-electron chi connectivity index (χ3n) is 48.4. The lowest BCUT2D eigenvalue weighted by Crippen LogP contribution is -2.61. The molecule has 2 aliphatic heterocycles. The van der Waals surface area contributed by atoms with E-state index < -0.39 is 17.0 Å². The minimum absolute atomic E-state index is 0.0877. The second kappa shape index (κ2) is 43.5. The number of ketones is 1. The molecule has 15 saturated carbocycles. The molecule has 15 nitrogen and oxygen atoms in total. The fourth-order valence-electron chi connectivity index (χ4n) is 40.1. The summed E-state index contributed by atoms with van der Waals surface area (Å²) in [5.41, 5.74) is 8.07. The molecule has 5 unspecified atom stereocenters. The van der Waals surface area contributed by atoms with Gasteiger partial charge in [-0.05, 0) is 492 Å². The van der Waals surface area contributed by atoms with Gasteiger partial charge in [-0.3, -0.25) is 4.79 Å². The molecule has 854 valence electrons. The van der Waals surface area contributed by atoms with Crippen LogP contribution >= 0.6 is 0 Å². The molecule has 17 fully saturated rings. The highest BCUT2D eigenvalue weighted by Crippen LogP contribution is 2.76. The van der Waals surface area contributed by atoms with Gasteiger partial charge in [-0.2, -0.15) is 0 Å². The van der Waals surface area contributed by atoms with Crippen LogP contribution in [0.3, 0.4) is 0 Å². The molecular formula is C135H224O15. The first-order chi connectivity index (χ1) is 70.2. The zero-order chi connectivity index (χ0) is 108. The van der Waals surface area contributed by atoms with E-state index in [0.29, 0.717) is 82.6 Å². The van der Waals surface area contributed by atoms with Crippen LogP contribution in [0.4, 0.5) is 0 Å². The summed E-state index contributed by atoms with van der Waals surface area (Å²) in [6.45, 7) is 80.7. The first-order valence-electron chi connectivity index (χ1n) is 63.7. The molecule has 39 atom stereocenters. The standard InChI is InChI=1S/2C29H50O2.C27H44O4.C26H42O4.C24H38O3/c2*1-9-10-20(3)23-13-14-24-22-12-11-21-17-19(2)15-16-28(21,7)25(22)18-26(29(23,24)8)30-31-27(4,5)6;1-18-10-12-25(5)19(16-18)8-9-20-21-11-13-27(28-14-7-15-29-27)26(21,6)23(17-22(20)25)30-31-24(2,3)4;1-17-9-11-24(5)18(15-17)7-8-19-20-10-12-26(27-13-14-28-26)25(20,6)22(16-21(19)24)29-30-23(2,3)4;1-15-11-12-23(5)16(13-15)7-8-17-18-9-10-20(25)24(18,6)21(14-19(17)23)26-27-22(2,3)4/h2*18-24,26H,9-17H2,1-8H3;17-21,23H,7-16H2,1-6H3;16-20,22H,7-15H2,1-6H3;14-18,21H,7-13H2,1-6H3/t2*19-,20-,21-,22+,23-,24+,26?,28+,29-;18-,19-,20+,21+,23?,25+,26-;17-,18-,19+,20+,22?,24+,25-;15-,16-,17+,18+,21?,23+,24+/m11111/s1. The van der Waals surface area contributed by atoms with Crippen LogP contribution in [0.2, 0.25) is 0 Å². The van der Waals surface area contributed by atoms with E-state index in [9.17, 15) is 4.79 Å². The first kappa shape index (κ1) is 117. The third-order valence-corrected chi connectivity index (χ3v) is 48.4. The van der Waals surface area contributed by atoms with Gasteiger partial charge >= 0.3 is 0 Å². The summed E-state index contributed by atoms with van der Waals surface area (Å²) in [7, 11) is 0. The maximum absolute atomic E-state index is 13.0. The number of allylic oxidation sites excluding steroid dienone is 5. The molecule has 0 aromatic carbocycles. The topological polar surface area (TPSA) is 146 Å². The first-order valence-corrected chi connectivity index (χ1v) is 63.7. The van der Waals surface area contributed by atoms with Crippen molar-refractivity contribution in [1.82, 2.24) is 0 Å². The summed E-state index contributed by atoms with van der Waals surface area (Å²) in [5, 5.41) is 0. The zero-order valence-electron chi connectivity index (χ0n) is 102. The van der Waals surface area contributed by atoms with E-state index in [1.54, 1.807) is 27.9 Å². The van der Waals surface area contributed by atoms with Gasteiger partial charge in [-0.1, -0.05) is 209 Å². The number of fused-ring (bicyclic) bond motifs is 27. The molecule has 0 radical (unpaired) electrons. The second-order valence-electron chi connectivity index (χ2n) is 63.4. The molecule has 0 bridgehead atoms. The van der Waals surface area contributed by atoms with E-state index >= 15 is 0 Å². The van der Waals surface area contributed by atoms with Crippen LogP contribution in [-0.4, -0.2) is 102 Å². The Morgan fingerprint density at radius 3 is 0.853 bits per heavy atom. The SMILES string of the molecule is CCC[C@@H](C)[C@H]1CC[C@H]2[C@@H]3CC[C@@H]4C[C@H](C)CC[C@]4(C)C3=CC(OOC(C)(C)C)[C@]12C.CCC[C@@H](C)[C@H]1CC[C@H]2[C@@H]3CC[C@@H]4C[C@H](C)CC[C@]4(C)C3=CC(OOC(C)(C)C)[C@]12C.C[C@@H]1CC[C@]2(C)C3=CC(OOC(C)(C)C)[C@@]4(C)[C@@H](CCC45OCCCO5)[C@@H]3CC[C@@H]2C1.C[C@@H]1CC[C@]2(C)C3=CC(OOC(C)(C)C)[C@@]4(C)[C@@H](CCC45OCCO5)[C@@H]3CC[C@@H]2C1.C[C@@H]1CC[C@]2(C)C3=CC(OOC(C)(C)C)[C@]4(C)C(=O)CC[C@H]4[C@@H]3CC[C@@H]2C1. The molecule has 0 amide bonds. The predicted octanol–water partition coefficient (Wildman–Crippen LogP) is 35.1. The van der Waals surface area contributed by atoms with Crippen molar-refractivity contribution in [2.75, 3.05) is 26.4 Å². The smallest absolute Gasteiger partial charge is 0.176 e. The Morgan fingerprint density at radius 1 is 0.300 bits per heavy atom. The molecule has 15 heteroatoms. The van der Waals surface area contributed by atoms with Gasteiger partial charge in [-0.15, -0.1) is 0 Å². The summed E-state index contributed by atoms with van der Waals surface area (Å²) in [4.78, 5) is 74.4. The maximum Gasteiger partial charge on any atom is 0.176 e. The second-order valence-corrected chi connectivity index (χ2v) is 63.4. The number of carbonyl (C=O) groups excluding carboxylic acids is 1.